The van der Waals surface area contributed by atoms with Gasteiger partial charge < -0.3 is 5.43 Å². The molecule has 1 aromatic heterocycles. The number of hydrazine groups is 1. The summed E-state index contributed by atoms with van der Waals surface area (Å²) in [5, 5.41) is 0. The fourth-order valence-electron chi connectivity index (χ4n) is 0.791. The molecule has 0 radical (unpaired) electrons. The molecule has 0 bridgehead atoms. The first kappa shape index (κ1) is 10.7. The number of nitrogens with two attached hydrogens (primary N) is 1. The normalized spacial score (nSPS) is 11.0. The second-order valence-corrected chi connectivity index (χ2v) is 4.59. The Morgan fingerprint density at radius 1 is 1.50 bits per heavy atom. The molecule has 0 saturated carbocycles. The van der Waals surface area contributed by atoms with Crippen LogP contribution in [0.2, 0.25) is 0 Å². The summed E-state index contributed by atoms with van der Waals surface area (Å²) in [5.74, 6) is 5.61. The van der Waals surface area contributed by atoms with Crippen LogP contribution in [0.3, 0.4) is 0 Å². The van der Waals surface area contributed by atoms with Gasteiger partial charge in [-0.3, -0.25) is 4.72 Å². The lowest BCUT2D eigenvalue weighted by Crippen LogP contribution is -2.15. The topological polar surface area (TPSA) is 97.1 Å². The summed E-state index contributed by atoms with van der Waals surface area (Å²) in [4.78, 5) is 3.85. The van der Waals surface area contributed by atoms with E-state index in [9.17, 15) is 8.42 Å². The van der Waals surface area contributed by atoms with Crippen LogP contribution in [0.1, 0.15) is 6.92 Å². The molecule has 0 atom stereocenters. The van der Waals surface area contributed by atoms with Gasteiger partial charge in [-0.05, 0) is 19.1 Å². The molecular formula is C7H12N4O2S. The maximum atomic E-state index is 11.1. The highest BCUT2D eigenvalue weighted by Crippen LogP contribution is 2.10. The van der Waals surface area contributed by atoms with Crippen molar-refractivity contribution < 1.29 is 8.42 Å². The quantitative estimate of drug-likeness (QED) is 0.491. The minimum Gasteiger partial charge on any atom is -0.308 e. The van der Waals surface area contributed by atoms with Gasteiger partial charge in [0.2, 0.25) is 10.0 Å². The van der Waals surface area contributed by atoms with Gasteiger partial charge in [0, 0.05) is 0 Å². The maximum Gasteiger partial charge on any atom is 0.232 e. The van der Waals surface area contributed by atoms with E-state index >= 15 is 0 Å². The Morgan fingerprint density at radius 3 is 2.64 bits per heavy atom. The van der Waals surface area contributed by atoms with Crippen molar-refractivity contribution in [2.45, 2.75) is 6.92 Å². The minimum atomic E-state index is -3.23. The zero-order chi connectivity index (χ0) is 10.6. The predicted octanol–water partition coefficient (Wildman–Crippen LogP) is 0.129. The number of anilines is 2. The highest BCUT2D eigenvalue weighted by Gasteiger charge is 2.06. The van der Waals surface area contributed by atoms with Crippen molar-refractivity contribution in [1.29, 1.82) is 0 Å². The van der Waals surface area contributed by atoms with Gasteiger partial charge in [-0.25, -0.2) is 19.2 Å². The van der Waals surface area contributed by atoms with Gasteiger partial charge >= 0.3 is 0 Å². The van der Waals surface area contributed by atoms with Crippen molar-refractivity contribution in [1.82, 2.24) is 4.98 Å². The molecule has 0 spiro atoms. The zero-order valence-corrected chi connectivity index (χ0v) is 8.50. The van der Waals surface area contributed by atoms with Crippen LogP contribution in [0.25, 0.3) is 0 Å². The highest BCUT2D eigenvalue weighted by molar-refractivity contribution is 7.92. The number of nitrogen functional groups attached to an aromatic ring is 1. The molecule has 1 rings (SSSR count). The largest absolute Gasteiger partial charge is 0.308 e. The standard InChI is InChI=1S/C7H12N4O2S/c1-2-14(12,13)11-6-3-4-7(10-8)9-5-6/h3-5,11H,2,8H2,1H3,(H,9,10). The average molecular weight is 216 g/mol. The molecule has 0 saturated heterocycles. The van der Waals surface area contributed by atoms with Crippen molar-refractivity contribution >= 4 is 21.5 Å². The van der Waals surface area contributed by atoms with Crippen LogP contribution < -0.4 is 16.0 Å². The number of pyridine rings is 1. The van der Waals surface area contributed by atoms with Crippen molar-refractivity contribution in [3.05, 3.63) is 18.3 Å². The molecule has 0 aliphatic heterocycles. The van der Waals surface area contributed by atoms with Crippen molar-refractivity contribution in [3.63, 3.8) is 0 Å². The van der Waals surface area contributed by atoms with Crippen molar-refractivity contribution in [2.75, 3.05) is 15.9 Å². The number of sulfonamides is 1. The van der Waals surface area contributed by atoms with Gasteiger partial charge in [0.05, 0.1) is 17.6 Å². The molecule has 78 valence electrons. The molecule has 14 heavy (non-hydrogen) atoms. The Bertz CT molecular complexity index is 387. The fourth-order valence-corrected chi connectivity index (χ4v) is 1.42. The molecular weight excluding hydrogens is 204 g/mol. The van der Waals surface area contributed by atoms with Crippen LogP contribution in [0.15, 0.2) is 18.3 Å². The maximum absolute atomic E-state index is 11.1. The molecule has 1 heterocycles. The number of aromatic nitrogens is 1. The summed E-state index contributed by atoms with van der Waals surface area (Å²) in [6.07, 6.45) is 1.39. The second kappa shape index (κ2) is 4.25. The van der Waals surface area contributed by atoms with Crippen LogP contribution in [0, 0.1) is 0 Å². The van der Waals surface area contributed by atoms with Crippen molar-refractivity contribution in [2.24, 2.45) is 5.84 Å². The first-order valence-electron chi connectivity index (χ1n) is 4.00. The molecule has 0 amide bonds. The smallest absolute Gasteiger partial charge is 0.232 e. The monoisotopic (exact) mass is 216 g/mol. The lowest BCUT2D eigenvalue weighted by molar-refractivity contribution is 0.602. The van der Waals surface area contributed by atoms with Gasteiger partial charge in [-0.15, -0.1) is 0 Å². The molecule has 1 aromatic rings. The Labute approximate surface area is 82.6 Å². The third-order valence-corrected chi connectivity index (χ3v) is 2.87. The summed E-state index contributed by atoms with van der Waals surface area (Å²) in [5.41, 5.74) is 2.76. The van der Waals surface area contributed by atoms with Crippen LogP contribution in [0.5, 0.6) is 0 Å². The lowest BCUT2D eigenvalue weighted by Gasteiger charge is -2.05. The number of hydrogen-bond acceptors (Lipinski definition) is 5. The van der Waals surface area contributed by atoms with E-state index in [0.717, 1.165) is 0 Å². The van der Waals surface area contributed by atoms with E-state index in [-0.39, 0.29) is 5.75 Å². The molecule has 0 aliphatic carbocycles. The van der Waals surface area contributed by atoms with E-state index in [2.05, 4.69) is 15.1 Å². The van der Waals surface area contributed by atoms with Gasteiger partial charge in [0.15, 0.2) is 0 Å². The van der Waals surface area contributed by atoms with Crippen LogP contribution in [-0.4, -0.2) is 19.2 Å². The van der Waals surface area contributed by atoms with E-state index in [1.54, 1.807) is 19.1 Å². The SMILES string of the molecule is CCS(=O)(=O)Nc1ccc(NN)nc1. The second-order valence-electron chi connectivity index (χ2n) is 2.58. The molecule has 6 nitrogen and oxygen atoms in total. The summed E-state index contributed by atoms with van der Waals surface area (Å²) >= 11 is 0. The van der Waals surface area contributed by atoms with Crippen LogP contribution in [0.4, 0.5) is 11.5 Å². The molecule has 7 heteroatoms. The van der Waals surface area contributed by atoms with E-state index in [1.165, 1.54) is 6.20 Å². The molecule has 0 aromatic carbocycles. The number of rotatable bonds is 4. The van der Waals surface area contributed by atoms with Crippen molar-refractivity contribution in [3.8, 4) is 0 Å². The Morgan fingerprint density at radius 2 is 2.21 bits per heavy atom. The van der Waals surface area contributed by atoms with E-state index in [4.69, 9.17) is 5.84 Å². The summed E-state index contributed by atoms with van der Waals surface area (Å²) in [7, 11) is -3.23. The lowest BCUT2D eigenvalue weighted by atomic mass is 10.4. The average Bonchev–Trinajstić information content (AvgIpc) is 2.19. The van der Waals surface area contributed by atoms with Crippen LogP contribution in [-0.2, 0) is 10.0 Å². The Hall–Kier alpha value is -1.34. The van der Waals surface area contributed by atoms with Gasteiger partial charge in [-0.1, -0.05) is 0 Å². The van der Waals surface area contributed by atoms with E-state index < -0.39 is 10.0 Å². The highest BCUT2D eigenvalue weighted by atomic mass is 32.2. The number of nitrogens with one attached hydrogen (secondary N) is 2. The van der Waals surface area contributed by atoms with Crippen LogP contribution >= 0.6 is 0 Å². The molecule has 0 fully saturated rings. The summed E-state index contributed by atoms with van der Waals surface area (Å²) < 4.78 is 24.6. The molecule has 0 unspecified atom stereocenters. The molecule has 4 N–H and O–H groups in total. The fraction of sp³-hybridized carbons (Fsp3) is 0.286. The minimum absolute atomic E-state index is 0.0316. The first-order valence-corrected chi connectivity index (χ1v) is 5.66. The Balaban J connectivity index is 2.79. The number of hydrogen-bond donors (Lipinski definition) is 3. The third kappa shape index (κ3) is 2.86. The number of nitrogens with zero attached hydrogens (tertiary/aromatic N) is 1. The van der Waals surface area contributed by atoms with E-state index in [0.29, 0.717) is 11.5 Å². The molecule has 0 aliphatic rings. The van der Waals surface area contributed by atoms with E-state index in [1.807, 2.05) is 0 Å². The summed E-state index contributed by atoms with van der Waals surface area (Å²) in [6, 6.07) is 3.16. The van der Waals surface area contributed by atoms with Gasteiger partial charge in [0.1, 0.15) is 5.82 Å². The summed E-state index contributed by atoms with van der Waals surface area (Å²) in [6.45, 7) is 1.56. The van der Waals surface area contributed by atoms with Gasteiger partial charge in [-0.2, -0.15) is 0 Å². The van der Waals surface area contributed by atoms with Gasteiger partial charge in [0.25, 0.3) is 0 Å². The predicted molar refractivity (Wildman–Crippen MR) is 55.1 cm³/mol. The third-order valence-electron chi connectivity index (χ3n) is 1.56. The Kier molecular flexibility index (Phi) is 3.26. The zero-order valence-electron chi connectivity index (χ0n) is 7.69. The first-order chi connectivity index (χ1) is 6.57.